The molecule has 0 amide bonds. The number of hydrogen-bond donors (Lipinski definition) is 3. The average molecular weight is 300 g/mol. The van der Waals surface area contributed by atoms with Crippen LogP contribution >= 0.6 is 0 Å². The van der Waals surface area contributed by atoms with Crippen LogP contribution in [0.5, 0.6) is 5.75 Å². The van der Waals surface area contributed by atoms with Crippen molar-refractivity contribution in [1.29, 1.82) is 0 Å². The Kier molecular flexibility index (Phi) is 6.31. The molecule has 0 radical (unpaired) electrons. The Morgan fingerprint density at radius 1 is 1.10 bits per heavy atom. The molecule has 1 fully saturated rings. The number of aromatic hydroxyl groups is 1. The Bertz CT molecular complexity index is 399. The van der Waals surface area contributed by atoms with Gasteiger partial charge in [0, 0.05) is 0 Å². The molecule has 3 N–H and O–H groups in total. The van der Waals surface area contributed by atoms with E-state index in [9.17, 15) is 10.2 Å². The van der Waals surface area contributed by atoms with Gasteiger partial charge in [-0.25, -0.2) is 0 Å². The molecule has 20 heavy (non-hydrogen) atoms. The molecule has 0 bridgehead atoms. The average Bonchev–Trinajstić information content (AvgIpc) is 2.38. The molecular formula is C16H26ClNO2. The predicted octanol–water partition coefficient (Wildman–Crippen LogP) is -1.68. The number of hydrogen-bond acceptors (Lipinski definition) is 2. The van der Waals surface area contributed by atoms with Crippen LogP contribution in [0.2, 0.25) is 0 Å². The molecule has 2 rings (SSSR count). The lowest BCUT2D eigenvalue weighted by atomic mass is 9.72. The molecule has 1 saturated carbocycles. The van der Waals surface area contributed by atoms with Gasteiger partial charge in [0.1, 0.15) is 5.75 Å². The Labute approximate surface area is 128 Å². The highest BCUT2D eigenvalue weighted by Crippen LogP contribution is 2.39. The Morgan fingerprint density at radius 3 is 2.15 bits per heavy atom. The lowest BCUT2D eigenvalue weighted by molar-refractivity contribution is -0.860. The van der Waals surface area contributed by atoms with Gasteiger partial charge >= 0.3 is 0 Å². The van der Waals surface area contributed by atoms with E-state index in [0.717, 1.165) is 37.8 Å². The normalized spacial score (nSPS) is 19.4. The first-order chi connectivity index (χ1) is 9.01. The molecular weight excluding hydrogens is 274 g/mol. The van der Waals surface area contributed by atoms with Crippen LogP contribution in [-0.4, -0.2) is 36.5 Å². The van der Waals surface area contributed by atoms with E-state index >= 15 is 0 Å². The molecule has 1 aromatic rings. The smallest absolute Gasteiger partial charge is 0.115 e. The van der Waals surface area contributed by atoms with Gasteiger partial charge in [0.15, 0.2) is 0 Å². The third kappa shape index (κ3) is 4.11. The molecule has 0 saturated heterocycles. The van der Waals surface area contributed by atoms with Crippen molar-refractivity contribution in [2.45, 2.75) is 43.6 Å². The number of aliphatic hydroxyl groups is 1. The van der Waals surface area contributed by atoms with Gasteiger partial charge in [-0.2, -0.15) is 0 Å². The van der Waals surface area contributed by atoms with Gasteiger partial charge < -0.3 is 27.5 Å². The third-order valence-electron chi connectivity index (χ3n) is 4.28. The van der Waals surface area contributed by atoms with Gasteiger partial charge in [-0.05, 0) is 30.5 Å². The highest BCUT2D eigenvalue weighted by atomic mass is 35.5. The largest absolute Gasteiger partial charge is 1.00 e. The summed E-state index contributed by atoms with van der Waals surface area (Å²) in [5.74, 6) is 0.439. The second-order valence-electron chi connectivity index (χ2n) is 6.22. The molecule has 0 aromatic heterocycles. The number of quaternary nitrogens is 1. The molecule has 114 valence electrons. The van der Waals surface area contributed by atoms with Crippen LogP contribution < -0.4 is 17.3 Å². The molecule has 1 atom stereocenters. The van der Waals surface area contributed by atoms with E-state index in [0.29, 0.717) is 0 Å². The molecule has 4 heteroatoms. The first kappa shape index (κ1) is 17.3. The first-order valence-electron chi connectivity index (χ1n) is 7.31. The minimum atomic E-state index is -0.577. The molecule has 0 heterocycles. The molecule has 1 aliphatic carbocycles. The summed E-state index contributed by atoms with van der Waals surface area (Å²) in [5, 5.41) is 20.5. The van der Waals surface area contributed by atoms with Crippen molar-refractivity contribution in [3.05, 3.63) is 29.8 Å². The van der Waals surface area contributed by atoms with Crippen LogP contribution in [0.4, 0.5) is 0 Å². The number of halogens is 1. The van der Waals surface area contributed by atoms with E-state index in [4.69, 9.17) is 0 Å². The maximum atomic E-state index is 11.0. The van der Waals surface area contributed by atoms with Gasteiger partial charge in [0.2, 0.25) is 0 Å². The van der Waals surface area contributed by atoms with Crippen LogP contribution in [0, 0.1) is 0 Å². The molecule has 0 unspecified atom stereocenters. The van der Waals surface area contributed by atoms with Gasteiger partial charge in [-0.1, -0.05) is 31.4 Å². The van der Waals surface area contributed by atoms with E-state index in [1.165, 1.54) is 11.3 Å². The molecule has 1 aromatic carbocycles. The number of rotatable bonds is 4. The number of phenolic OH excluding ortho intramolecular Hbond substituents is 1. The van der Waals surface area contributed by atoms with Crippen molar-refractivity contribution in [2.75, 3.05) is 20.6 Å². The van der Waals surface area contributed by atoms with Crippen molar-refractivity contribution >= 4 is 0 Å². The van der Waals surface area contributed by atoms with E-state index in [1.807, 2.05) is 12.1 Å². The summed E-state index contributed by atoms with van der Waals surface area (Å²) < 4.78 is 0. The lowest BCUT2D eigenvalue weighted by Crippen LogP contribution is -3.06. The Balaban J connectivity index is 0.00000200. The summed E-state index contributed by atoms with van der Waals surface area (Å²) in [7, 11) is 4.25. The Morgan fingerprint density at radius 2 is 1.65 bits per heavy atom. The topological polar surface area (TPSA) is 44.9 Å². The maximum Gasteiger partial charge on any atom is 0.115 e. The lowest BCUT2D eigenvalue weighted by Gasteiger charge is -2.39. The monoisotopic (exact) mass is 299 g/mol. The number of benzene rings is 1. The fraction of sp³-hybridized carbons (Fsp3) is 0.625. The number of likely N-dealkylation sites (N-methyl/N-ethyl adjacent to an activating group) is 1. The zero-order valence-corrected chi connectivity index (χ0v) is 13.2. The fourth-order valence-electron chi connectivity index (χ4n) is 3.25. The van der Waals surface area contributed by atoms with Crippen molar-refractivity contribution < 1.29 is 27.5 Å². The van der Waals surface area contributed by atoms with Crippen molar-refractivity contribution in [1.82, 2.24) is 0 Å². The summed E-state index contributed by atoms with van der Waals surface area (Å²) in [4.78, 5) is 1.34. The summed E-state index contributed by atoms with van der Waals surface area (Å²) in [5.41, 5.74) is 0.565. The van der Waals surface area contributed by atoms with Gasteiger partial charge in [0.25, 0.3) is 0 Å². The minimum Gasteiger partial charge on any atom is -1.00 e. The predicted molar refractivity (Wildman–Crippen MR) is 76.6 cm³/mol. The quantitative estimate of drug-likeness (QED) is 0.622. The minimum absolute atomic E-state index is 0. The van der Waals surface area contributed by atoms with Gasteiger partial charge in [0.05, 0.1) is 32.2 Å². The van der Waals surface area contributed by atoms with Crippen LogP contribution in [-0.2, 0) is 0 Å². The van der Waals surface area contributed by atoms with E-state index in [1.54, 1.807) is 12.1 Å². The summed E-state index contributed by atoms with van der Waals surface area (Å²) >= 11 is 0. The Hall–Kier alpha value is -0.770. The molecule has 3 nitrogen and oxygen atoms in total. The molecule has 0 aliphatic heterocycles. The van der Waals surface area contributed by atoms with E-state index in [-0.39, 0.29) is 24.1 Å². The highest BCUT2D eigenvalue weighted by molar-refractivity contribution is 5.30. The zero-order chi connectivity index (χ0) is 13.9. The van der Waals surface area contributed by atoms with E-state index in [2.05, 4.69) is 14.1 Å². The van der Waals surface area contributed by atoms with Gasteiger partial charge in [-0.15, -0.1) is 0 Å². The number of nitrogens with one attached hydrogen (secondary N) is 1. The third-order valence-corrected chi connectivity index (χ3v) is 4.28. The van der Waals surface area contributed by atoms with Crippen molar-refractivity contribution in [3.8, 4) is 5.75 Å². The SMILES string of the molecule is C[NH+](C)C[C@@H](c1ccc(O)cc1)C1(O)CCCCC1.[Cl-]. The molecule has 0 spiro atoms. The van der Waals surface area contributed by atoms with Crippen molar-refractivity contribution in [2.24, 2.45) is 0 Å². The van der Waals surface area contributed by atoms with Crippen LogP contribution in [0.3, 0.4) is 0 Å². The summed E-state index contributed by atoms with van der Waals surface area (Å²) in [6.07, 6.45) is 5.26. The maximum absolute atomic E-state index is 11.0. The van der Waals surface area contributed by atoms with Crippen molar-refractivity contribution in [3.63, 3.8) is 0 Å². The zero-order valence-electron chi connectivity index (χ0n) is 12.4. The summed E-state index contributed by atoms with van der Waals surface area (Å²) in [6.45, 7) is 0.918. The second-order valence-corrected chi connectivity index (χ2v) is 6.22. The highest BCUT2D eigenvalue weighted by Gasteiger charge is 2.40. The van der Waals surface area contributed by atoms with Crippen LogP contribution in [0.15, 0.2) is 24.3 Å². The fourth-order valence-corrected chi connectivity index (χ4v) is 3.25. The standard InChI is InChI=1S/C16H25NO2.ClH/c1-17(2)12-15(13-6-8-14(18)9-7-13)16(19)10-4-3-5-11-16;/h6-9,15,18-19H,3-5,10-12H2,1-2H3;1H/t15-;/m0./s1. The molecule has 1 aliphatic rings. The number of phenols is 1. The second kappa shape index (κ2) is 7.30. The van der Waals surface area contributed by atoms with Crippen LogP contribution in [0.25, 0.3) is 0 Å². The van der Waals surface area contributed by atoms with Gasteiger partial charge in [-0.3, -0.25) is 0 Å². The first-order valence-corrected chi connectivity index (χ1v) is 7.31. The van der Waals surface area contributed by atoms with Crippen LogP contribution in [0.1, 0.15) is 43.6 Å². The van der Waals surface area contributed by atoms with E-state index < -0.39 is 5.60 Å². The summed E-state index contributed by atoms with van der Waals surface area (Å²) in [6, 6.07) is 7.35.